The second-order valence-corrected chi connectivity index (χ2v) is 3.36. The van der Waals surface area contributed by atoms with Crippen molar-refractivity contribution in [3.63, 3.8) is 0 Å². The summed E-state index contributed by atoms with van der Waals surface area (Å²) in [6.45, 7) is 3.57. The van der Waals surface area contributed by atoms with Crippen LogP contribution in [0, 0.1) is 0 Å². The minimum atomic E-state index is -0.0584. The molecule has 1 aromatic rings. The van der Waals surface area contributed by atoms with E-state index in [-0.39, 0.29) is 5.91 Å². The van der Waals surface area contributed by atoms with Crippen LogP contribution >= 0.6 is 12.6 Å². The summed E-state index contributed by atoms with van der Waals surface area (Å²) >= 11 is 4.32. The lowest BCUT2D eigenvalue weighted by Crippen LogP contribution is -2.05. The van der Waals surface area contributed by atoms with Crippen molar-refractivity contribution in [2.45, 2.75) is 25.2 Å². The Morgan fingerprint density at radius 3 is 2.69 bits per heavy atom. The van der Waals surface area contributed by atoms with Crippen LogP contribution in [0.2, 0.25) is 0 Å². The molecule has 2 nitrogen and oxygen atoms in total. The molecule has 0 heterocycles. The molecule has 0 aliphatic carbocycles. The van der Waals surface area contributed by atoms with Gasteiger partial charge in [0.1, 0.15) is 0 Å². The summed E-state index contributed by atoms with van der Waals surface area (Å²) < 4.78 is 0. The van der Waals surface area contributed by atoms with Crippen LogP contribution in [0.4, 0.5) is 5.69 Å². The molecule has 0 radical (unpaired) electrons. The van der Waals surface area contributed by atoms with Gasteiger partial charge in [-0.15, -0.1) is 12.6 Å². The van der Waals surface area contributed by atoms with Crippen LogP contribution in [0.15, 0.2) is 23.1 Å². The van der Waals surface area contributed by atoms with Crippen LogP contribution in [-0.4, -0.2) is 5.91 Å². The minimum absolute atomic E-state index is 0.0584. The second-order valence-electron chi connectivity index (χ2n) is 2.88. The zero-order valence-electron chi connectivity index (χ0n) is 7.79. The quantitative estimate of drug-likeness (QED) is 0.697. The van der Waals surface area contributed by atoms with E-state index < -0.39 is 0 Å². The lowest BCUT2D eigenvalue weighted by atomic mass is 10.1. The SMILES string of the molecule is CCc1ccc(NC(C)=O)cc1S. The Kier molecular flexibility index (Phi) is 3.37. The summed E-state index contributed by atoms with van der Waals surface area (Å²) in [5.74, 6) is -0.0584. The minimum Gasteiger partial charge on any atom is -0.326 e. The molecule has 0 aromatic heterocycles. The molecule has 0 aliphatic heterocycles. The van der Waals surface area contributed by atoms with E-state index in [0.717, 1.165) is 17.0 Å². The maximum atomic E-state index is 10.7. The molecule has 1 amide bonds. The van der Waals surface area contributed by atoms with Crippen molar-refractivity contribution in [2.75, 3.05) is 5.32 Å². The Bertz CT molecular complexity index is 323. The average Bonchev–Trinajstić information content (AvgIpc) is 2.03. The molecule has 0 spiro atoms. The van der Waals surface area contributed by atoms with Gasteiger partial charge < -0.3 is 5.32 Å². The number of aryl methyl sites for hydroxylation is 1. The number of benzene rings is 1. The Morgan fingerprint density at radius 1 is 1.54 bits per heavy atom. The predicted octanol–water partition coefficient (Wildman–Crippen LogP) is 2.50. The lowest BCUT2D eigenvalue weighted by Gasteiger charge is -2.05. The number of anilines is 1. The second kappa shape index (κ2) is 4.33. The van der Waals surface area contributed by atoms with Gasteiger partial charge in [-0.1, -0.05) is 13.0 Å². The van der Waals surface area contributed by atoms with E-state index >= 15 is 0 Å². The third-order valence-electron chi connectivity index (χ3n) is 1.79. The van der Waals surface area contributed by atoms with Crippen molar-refractivity contribution < 1.29 is 4.79 Å². The summed E-state index contributed by atoms with van der Waals surface area (Å²) in [4.78, 5) is 11.7. The highest BCUT2D eigenvalue weighted by molar-refractivity contribution is 7.80. The number of hydrogen-bond donors (Lipinski definition) is 2. The molecular weight excluding hydrogens is 182 g/mol. The van der Waals surface area contributed by atoms with Gasteiger partial charge in [0, 0.05) is 17.5 Å². The maximum Gasteiger partial charge on any atom is 0.221 e. The highest BCUT2D eigenvalue weighted by atomic mass is 32.1. The predicted molar refractivity (Wildman–Crippen MR) is 57.4 cm³/mol. The lowest BCUT2D eigenvalue weighted by molar-refractivity contribution is -0.114. The zero-order chi connectivity index (χ0) is 9.84. The molecule has 70 valence electrons. The first kappa shape index (κ1) is 10.1. The molecular formula is C10H13NOS. The molecule has 13 heavy (non-hydrogen) atoms. The molecule has 0 aliphatic rings. The third-order valence-corrected chi connectivity index (χ3v) is 2.20. The van der Waals surface area contributed by atoms with Gasteiger partial charge in [-0.05, 0) is 24.1 Å². The van der Waals surface area contributed by atoms with Crippen molar-refractivity contribution in [1.29, 1.82) is 0 Å². The van der Waals surface area contributed by atoms with E-state index in [1.807, 2.05) is 18.2 Å². The maximum absolute atomic E-state index is 10.7. The van der Waals surface area contributed by atoms with Gasteiger partial charge in [0.15, 0.2) is 0 Å². The van der Waals surface area contributed by atoms with E-state index in [1.165, 1.54) is 12.5 Å². The number of carbonyl (C=O) groups is 1. The Balaban J connectivity index is 2.89. The van der Waals surface area contributed by atoms with Crippen LogP contribution in [0.5, 0.6) is 0 Å². The summed E-state index contributed by atoms with van der Waals surface area (Å²) in [7, 11) is 0. The first-order chi connectivity index (χ1) is 6.13. The van der Waals surface area contributed by atoms with Crippen LogP contribution in [0.25, 0.3) is 0 Å². The number of amides is 1. The Labute approximate surface area is 83.8 Å². The van der Waals surface area contributed by atoms with Crippen LogP contribution < -0.4 is 5.32 Å². The highest BCUT2D eigenvalue weighted by Crippen LogP contribution is 2.19. The van der Waals surface area contributed by atoms with Crippen molar-refractivity contribution in [1.82, 2.24) is 0 Å². The van der Waals surface area contributed by atoms with Crippen molar-refractivity contribution >= 4 is 24.2 Å². The first-order valence-corrected chi connectivity index (χ1v) is 4.67. The van der Waals surface area contributed by atoms with Gasteiger partial charge in [0.05, 0.1) is 0 Å². The monoisotopic (exact) mass is 195 g/mol. The highest BCUT2D eigenvalue weighted by Gasteiger charge is 1.99. The molecule has 3 heteroatoms. The molecule has 1 rings (SSSR count). The molecule has 0 bridgehead atoms. The largest absolute Gasteiger partial charge is 0.326 e. The Hall–Kier alpha value is -0.960. The fourth-order valence-corrected chi connectivity index (χ4v) is 1.52. The normalized spacial score (nSPS) is 9.77. The van der Waals surface area contributed by atoms with E-state index in [0.29, 0.717) is 0 Å². The third kappa shape index (κ3) is 2.77. The molecule has 0 unspecified atom stereocenters. The smallest absolute Gasteiger partial charge is 0.221 e. The van der Waals surface area contributed by atoms with Gasteiger partial charge in [0.2, 0.25) is 5.91 Å². The summed E-state index contributed by atoms with van der Waals surface area (Å²) in [5, 5.41) is 2.71. The molecule has 1 N–H and O–H groups in total. The van der Waals surface area contributed by atoms with E-state index in [2.05, 4.69) is 24.9 Å². The average molecular weight is 195 g/mol. The van der Waals surface area contributed by atoms with Crippen molar-refractivity contribution in [2.24, 2.45) is 0 Å². The Morgan fingerprint density at radius 2 is 2.23 bits per heavy atom. The zero-order valence-corrected chi connectivity index (χ0v) is 8.69. The molecule has 0 saturated heterocycles. The van der Waals surface area contributed by atoms with Crippen LogP contribution in [0.1, 0.15) is 19.4 Å². The fourth-order valence-electron chi connectivity index (χ4n) is 1.14. The standard InChI is InChI=1S/C10H13NOS/c1-3-8-4-5-9(6-10(8)13)11-7(2)12/h4-6,13H,3H2,1-2H3,(H,11,12). The number of thiol groups is 1. The van der Waals surface area contributed by atoms with E-state index in [4.69, 9.17) is 0 Å². The number of rotatable bonds is 2. The first-order valence-electron chi connectivity index (χ1n) is 4.23. The molecule has 1 aromatic carbocycles. The van der Waals surface area contributed by atoms with E-state index in [1.54, 1.807) is 0 Å². The van der Waals surface area contributed by atoms with Gasteiger partial charge in [-0.3, -0.25) is 4.79 Å². The van der Waals surface area contributed by atoms with Crippen molar-refractivity contribution in [3.05, 3.63) is 23.8 Å². The van der Waals surface area contributed by atoms with Gasteiger partial charge in [-0.25, -0.2) is 0 Å². The molecule has 0 atom stereocenters. The number of hydrogen-bond acceptors (Lipinski definition) is 2. The summed E-state index contributed by atoms with van der Waals surface area (Å²) in [6, 6.07) is 5.73. The van der Waals surface area contributed by atoms with Gasteiger partial charge >= 0.3 is 0 Å². The van der Waals surface area contributed by atoms with Crippen LogP contribution in [0.3, 0.4) is 0 Å². The molecule has 0 fully saturated rings. The number of nitrogens with one attached hydrogen (secondary N) is 1. The van der Waals surface area contributed by atoms with Gasteiger partial charge in [0.25, 0.3) is 0 Å². The van der Waals surface area contributed by atoms with Crippen LogP contribution in [-0.2, 0) is 11.2 Å². The molecule has 0 saturated carbocycles. The fraction of sp³-hybridized carbons (Fsp3) is 0.300. The topological polar surface area (TPSA) is 29.1 Å². The summed E-state index contributed by atoms with van der Waals surface area (Å²) in [5.41, 5.74) is 1.99. The van der Waals surface area contributed by atoms with E-state index in [9.17, 15) is 4.79 Å². The van der Waals surface area contributed by atoms with Gasteiger partial charge in [-0.2, -0.15) is 0 Å². The summed E-state index contributed by atoms with van der Waals surface area (Å²) in [6.07, 6.45) is 0.958. The van der Waals surface area contributed by atoms with Crippen molar-refractivity contribution in [3.8, 4) is 0 Å². The number of carbonyl (C=O) groups excluding carboxylic acids is 1.